The second-order valence-corrected chi connectivity index (χ2v) is 5.39. The molecule has 0 bridgehead atoms. The molecule has 21 heavy (non-hydrogen) atoms. The number of rotatable bonds is 5. The van der Waals surface area contributed by atoms with E-state index in [1.54, 1.807) is 4.90 Å². The minimum absolute atomic E-state index is 0.181. The zero-order valence-electron chi connectivity index (χ0n) is 12.3. The van der Waals surface area contributed by atoms with Gasteiger partial charge in [0.05, 0.1) is 5.92 Å². The van der Waals surface area contributed by atoms with Crippen LogP contribution in [-0.2, 0) is 11.2 Å². The molecule has 0 saturated carbocycles. The molecule has 5 heteroatoms. The van der Waals surface area contributed by atoms with Gasteiger partial charge in [-0.25, -0.2) is 4.79 Å². The molecule has 114 valence electrons. The highest BCUT2D eigenvalue weighted by molar-refractivity contribution is 5.93. The van der Waals surface area contributed by atoms with Gasteiger partial charge >= 0.3 is 12.0 Å². The first-order valence-corrected chi connectivity index (χ1v) is 7.49. The fraction of sp³-hybridized carbons (Fsp3) is 0.500. The Hall–Kier alpha value is -2.04. The Balaban J connectivity index is 2.00. The summed E-state index contributed by atoms with van der Waals surface area (Å²) in [6.07, 6.45) is 3.28. The number of amides is 2. The fourth-order valence-electron chi connectivity index (χ4n) is 2.71. The smallest absolute Gasteiger partial charge is 0.321 e. The van der Waals surface area contributed by atoms with Gasteiger partial charge in [0, 0.05) is 18.8 Å². The molecule has 0 aliphatic carbocycles. The Bertz CT molecular complexity index is 516. The minimum Gasteiger partial charge on any atom is -0.481 e. The van der Waals surface area contributed by atoms with Gasteiger partial charge in [-0.05, 0) is 30.9 Å². The molecule has 0 aromatic heterocycles. The number of nitrogens with one attached hydrogen (secondary N) is 1. The van der Waals surface area contributed by atoms with E-state index >= 15 is 0 Å². The Morgan fingerprint density at radius 2 is 2.14 bits per heavy atom. The average Bonchev–Trinajstić information content (AvgIpc) is 2.50. The van der Waals surface area contributed by atoms with Gasteiger partial charge in [0.25, 0.3) is 0 Å². The quantitative estimate of drug-likeness (QED) is 0.876. The lowest BCUT2D eigenvalue weighted by Gasteiger charge is -2.29. The van der Waals surface area contributed by atoms with Crippen LogP contribution in [0.25, 0.3) is 0 Å². The molecule has 1 heterocycles. The van der Waals surface area contributed by atoms with Gasteiger partial charge in [0.2, 0.25) is 0 Å². The fourth-order valence-corrected chi connectivity index (χ4v) is 2.71. The number of fused-ring (bicyclic) bond motifs is 1. The van der Waals surface area contributed by atoms with Crippen molar-refractivity contribution in [2.24, 2.45) is 5.92 Å². The molecule has 5 nitrogen and oxygen atoms in total. The van der Waals surface area contributed by atoms with Crippen molar-refractivity contribution in [2.75, 3.05) is 18.0 Å². The third-order valence-electron chi connectivity index (χ3n) is 3.84. The predicted octanol–water partition coefficient (Wildman–Crippen LogP) is 2.65. The predicted molar refractivity (Wildman–Crippen MR) is 81.5 cm³/mol. The number of nitrogens with zero attached hydrogens (tertiary/aromatic N) is 1. The van der Waals surface area contributed by atoms with Crippen LogP contribution in [-0.4, -0.2) is 30.2 Å². The maximum atomic E-state index is 12.3. The van der Waals surface area contributed by atoms with E-state index in [-0.39, 0.29) is 12.6 Å². The number of aryl methyl sites for hydroxylation is 1. The minimum atomic E-state index is -0.851. The molecule has 2 N–H and O–H groups in total. The highest BCUT2D eigenvalue weighted by atomic mass is 16.4. The number of urea groups is 1. The second-order valence-electron chi connectivity index (χ2n) is 5.39. The number of carboxylic acid groups (broad SMARTS) is 1. The van der Waals surface area contributed by atoms with Crippen LogP contribution < -0.4 is 10.2 Å². The first-order valence-electron chi connectivity index (χ1n) is 7.49. The van der Waals surface area contributed by atoms with Gasteiger partial charge in [-0.3, -0.25) is 9.69 Å². The maximum absolute atomic E-state index is 12.3. The van der Waals surface area contributed by atoms with E-state index in [1.807, 2.05) is 31.2 Å². The number of hydrogen-bond acceptors (Lipinski definition) is 2. The normalized spacial score (nSPS) is 15.2. The number of hydrogen-bond donors (Lipinski definition) is 2. The molecule has 0 fully saturated rings. The Kier molecular flexibility index (Phi) is 5.20. The van der Waals surface area contributed by atoms with E-state index in [1.165, 1.54) is 5.56 Å². The van der Waals surface area contributed by atoms with Crippen LogP contribution in [0.4, 0.5) is 10.5 Å². The van der Waals surface area contributed by atoms with E-state index < -0.39 is 11.9 Å². The van der Waals surface area contributed by atoms with Gasteiger partial charge in [-0.1, -0.05) is 31.5 Å². The molecule has 1 atom stereocenters. The summed E-state index contributed by atoms with van der Waals surface area (Å²) in [6, 6.07) is 7.66. The summed E-state index contributed by atoms with van der Waals surface area (Å²) in [7, 11) is 0. The van der Waals surface area contributed by atoms with Gasteiger partial charge in [0.15, 0.2) is 0 Å². The molecule has 2 rings (SSSR count). The molecule has 0 spiro atoms. The van der Waals surface area contributed by atoms with Gasteiger partial charge in [-0.15, -0.1) is 0 Å². The first kappa shape index (κ1) is 15.4. The highest BCUT2D eigenvalue weighted by Gasteiger charge is 2.24. The lowest BCUT2D eigenvalue weighted by Crippen LogP contribution is -2.45. The first-order chi connectivity index (χ1) is 10.1. The van der Waals surface area contributed by atoms with Crippen molar-refractivity contribution in [3.8, 4) is 0 Å². The van der Waals surface area contributed by atoms with Crippen LogP contribution in [0.5, 0.6) is 0 Å². The SMILES string of the molecule is CCCC(CNC(=O)N1CCCc2ccccc21)C(=O)O. The number of carboxylic acids is 1. The Labute approximate surface area is 125 Å². The van der Waals surface area contributed by atoms with Crippen LogP contribution in [0.2, 0.25) is 0 Å². The topological polar surface area (TPSA) is 69.6 Å². The van der Waals surface area contributed by atoms with Crippen LogP contribution in [0.15, 0.2) is 24.3 Å². The van der Waals surface area contributed by atoms with E-state index in [4.69, 9.17) is 5.11 Å². The number of para-hydroxylation sites is 1. The average molecular weight is 290 g/mol. The summed E-state index contributed by atoms with van der Waals surface area (Å²) < 4.78 is 0. The highest BCUT2D eigenvalue weighted by Crippen LogP contribution is 2.26. The Morgan fingerprint density at radius 3 is 2.86 bits per heavy atom. The molecular formula is C16H22N2O3. The lowest BCUT2D eigenvalue weighted by molar-refractivity contribution is -0.141. The van der Waals surface area contributed by atoms with Crippen molar-refractivity contribution >= 4 is 17.7 Å². The molecular weight excluding hydrogens is 268 g/mol. The molecule has 1 aromatic carbocycles. The molecule has 2 amide bonds. The van der Waals surface area contributed by atoms with Gasteiger partial charge in [0.1, 0.15) is 0 Å². The summed E-state index contributed by atoms with van der Waals surface area (Å²) in [6.45, 7) is 2.80. The zero-order valence-corrected chi connectivity index (χ0v) is 12.3. The van der Waals surface area contributed by atoms with E-state index in [9.17, 15) is 9.59 Å². The molecule has 1 aromatic rings. The van der Waals surface area contributed by atoms with E-state index in [0.717, 1.165) is 24.9 Å². The summed E-state index contributed by atoms with van der Waals surface area (Å²) in [5.74, 6) is -1.37. The van der Waals surface area contributed by atoms with Crippen LogP contribution in [0.1, 0.15) is 31.7 Å². The zero-order chi connectivity index (χ0) is 15.2. The number of aliphatic carboxylic acids is 1. The largest absolute Gasteiger partial charge is 0.481 e. The van der Waals surface area contributed by atoms with Crippen molar-refractivity contribution < 1.29 is 14.7 Å². The molecule has 1 unspecified atom stereocenters. The van der Waals surface area contributed by atoms with E-state index in [2.05, 4.69) is 5.32 Å². The lowest BCUT2D eigenvalue weighted by atomic mass is 10.0. The van der Waals surface area contributed by atoms with Gasteiger partial charge < -0.3 is 10.4 Å². The third-order valence-corrected chi connectivity index (χ3v) is 3.84. The monoisotopic (exact) mass is 290 g/mol. The standard InChI is InChI=1S/C16H22N2O3/c1-2-6-13(15(19)20)11-17-16(21)18-10-5-8-12-7-3-4-9-14(12)18/h3-4,7,9,13H,2,5-6,8,10-11H2,1H3,(H,17,21)(H,19,20). The van der Waals surface area contributed by atoms with Crippen molar-refractivity contribution in [2.45, 2.75) is 32.6 Å². The number of anilines is 1. The van der Waals surface area contributed by atoms with Crippen LogP contribution in [0.3, 0.4) is 0 Å². The second kappa shape index (κ2) is 7.11. The number of carbonyl (C=O) groups is 2. The summed E-state index contributed by atoms with van der Waals surface area (Å²) >= 11 is 0. The van der Waals surface area contributed by atoms with Crippen molar-refractivity contribution in [1.29, 1.82) is 0 Å². The summed E-state index contributed by atoms with van der Waals surface area (Å²) in [4.78, 5) is 25.1. The summed E-state index contributed by atoms with van der Waals surface area (Å²) in [5.41, 5.74) is 2.10. The van der Waals surface area contributed by atoms with Crippen LogP contribution >= 0.6 is 0 Å². The third kappa shape index (κ3) is 3.74. The maximum Gasteiger partial charge on any atom is 0.321 e. The van der Waals surface area contributed by atoms with Crippen molar-refractivity contribution in [3.05, 3.63) is 29.8 Å². The molecule has 1 aliphatic heterocycles. The Morgan fingerprint density at radius 1 is 1.38 bits per heavy atom. The number of carbonyl (C=O) groups excluding carboxylic acids is 1. The number of benzene rings is 1. The molecule has 0 radical (unpaired) electrons. The molecule has 1 aliphatic rings. The van der Waals surface area contributed by atoms with E-state index in [0.29, 0.717) is 13.0 Å². The van der Waals surface area contributed by atoms with Crippen LogP contribution in [0, 0.1) is 5.92 Å². The van der Waals surface area contributed by atoms with Crippen molar-refractivity contribution in [1.82, 2.24) is 5.32 Å². The van der Waals surface area contributed by atoms with Crippen molar-refractivity contribution in [3.63, 3.8) is 0 Å². The molecule has 0 saturated heterocycles. The van der Waals surface area contributed by atoms with Gasteiger partial charge in [-0.2, -0.15) is 0 Å². The summed E-state index contributed by atoms with van der Waals surface area (Å²) in [5, 5.41) is 11.9.